The lowest BCUT2D eigenvalue weighted by Gasteiger charge is -2.41. The molecular formula is C29H37N5O9S3. The minimum atomic E-state index is -4.53. The molecule has 3 aliphatic rings. The summed E-state index contributed by atoms with van der Waals surface area (Å²) < 4.78 is 91.7. The summed E-state index contributed by atoms with van der Waals surface area (Å²) in [6, 6.07) is 9.92. The number of fused-ring (bicyclic) bond motifs is 2. The van der Waals surface area contributed by atoms with Gasteiger partial charge in [-0.25, -0.2) is 16.8 Å². The monoisotopic (exact) mass is 695 g/mol. The van der Waals surface area contributed by atoms with Gasteiger partial charge in [0, 0.05) is 30.9 Å². The number of amidine groups is 1. The fourth-order valence-electron chi connectivity index (χ4n) is 5.86. The molecule has 5 rings (SSSR count). The normalized spacial score (nSPS) is 23.3. The molecular weight excluding hydrogens is 659 g/mol. The Balaban J connectivity index is 1.57. The minimum Gasteiger partial charge on any atom is -0.379 e. The molecule has 2 unspecified atom stereocenters. The molecule has 2 aromatic rings. The SMILES string of the molecule is CC(C)CCC1(NS(=O)(=O)CCN2CCOCC2)C(=O)C(C2=NS(=O)(=O)c3cc(NS(C)(=O)=O)ccc3N2)C(=O)c2ccccc21. The zero-order chi connectivity index (χ0) is 33.5. The van der Waals surface area contributed by atoms with E-state index in [0.29, 0.717) is 32.7 Å². The average molecular weight is 696 g/mol. The molecule has 3 N–H and O–H groups in total. The van der Waals surface area contributed by atoms with Crippen LogP contribution >= 0.6 is 0 Å². The van der Waals surface area contributed by atoms with E-state index in [-0.39, 0.29) is 52.0 Å². The van der Waals surface area contributed by atoms with Crippen molar-refractivity contribution in [3.63, 3.8) is 0 Å². The lowest BCUT2D eigenvalue weighted by Crippen LogP contribution is -2.61. The standard InChI is InChI=1S/C29H37N5O9S3/c1-19(2)10-11-29(33-45(39,40)17-14-34-12-15-43-16-13-34)22-7-5-4-6-21(22)26(35)25(27(29)36)28-30-23-9-8-20(31-44(3,37)38)18-24(23)46(41,42)32-28/h4-9,18-19,25,31,33H,10-17H2,1-3H3,(H,30,32). The van der Waals surface area contributed by atoms with Crippen molar-refractivity contribution in [2.24, 2.45) is 16.2 Å². The van der Waals surface area contributed by atoms with Crippen LogP contribution in [0.15, 0.2) is 51.8 Å². The van der Waals surface area contributed by atoms with Gasteiger partial charge in [-0.05, 0) is 42.5 Å². The molecule has 0 radical (unpaired) electrons. The highest BCUT2D eigenvalue weighted by atomic mass is 32.2. The molecule has 46 heavy (non-hydrogen) atoms. The number of carbonyl (C=O) groups is 2. The van der Waals surface area contributed by atoms with Crippen molar-refractivity contribution < 1.29 is 39.6 Å². The first-order valence-electron chi connectivity index (χ1n) is 14.7. The summed E-state index contributed by atoms with van der Waals surface area (Å²) in [7, 11) is -12.4. The lowest BCUT2D eigenvalue weighted by atomic mass is 9.67. The van der Waals surface area contributed by atoms with Gasteiger partial charge in [0.25, 0.3) is 10.0 Å². The lowest BCUT2D eigenvalue weighted by molar-refractivity contribution is -0.126. The highest BCUT2D eigenvalue weighted by molar-refractivity contribution is 7.92. The van der Waals surface area contributed by atoms with Crippen molar-refractivity contribution in [2.75, 3.05) is 54.9 Å². The Morgan fingerprint density at radius 3 is 2.46 bits per heavy atom. The second kappa shape index (κ2) is 12.8. The van der Waals surface area contributed by atoms with E-state index in [9.17, 15) is 34.8 Å². The maximum atomic E-state index is 14.7. The minimum absolute atomic E-state index is 0.0121. The van der Waals surface area contributed by atoms with Crippen molar-refractivity contribution in [1.29, 1.82) is 0 Å². The largest absolute Gasteiger partial charge is 0.379 e. The molecule has 17 heteroatoms. The Morgan fingerprint density at radius 1 is 1.09 bits per heavy atom. The third-order valence-electron chi connectivity index (χ3n) is 8.12. The number of anilines is 2. The molecule has 0 amide bonds. The number of hydrogen-bond donors (Lipinski definition) is 3. The highest BCUT2D eigenvalue weighted by Gasteiger charge is 2.55. The van der Waals surface area contributed by atoms with Gasteiger partial charge in [-0.1, -0.05) is 38.1 Å². The van der Waals surface area contributed by atoms with Crippen molar-refractivity contribution in [1.82, 2.24) is 9.62 Å². The van der Waals surface area contributed by atoms with Crippen LogP contribution in [0.5, 0.6) is 0 Å². The van der Waals surface area contributed by atoms with Gasteiger partial charge in [0.05, 0.1) is 30.9 Å². The van der Waals surface area contributed by atoms with Gasteiger partial charge in [-0.2, -0.15) is 13.1 Å². The fourth-order valence-corrected chi connectivity index (χ4v) is 9.04. The number of rotatable bonds is 11. The van der Waals surface area contributed by atoms with Crippen molar-refractivity contribution >= 4 is 58.8 Å². The molecule has 0 bridgehead atoms. The number of hydrogen-bond acceptors (Lipinski definition) is 11. The third-order valence-corrected chi connectivity index (χ3v) is 11.4. The molecule has 0 saturated carbocycles. The van der Waals surface area contributed by atoms with Crippen molar-refractivity contribution in [3.8, 4) is 0 Å². The number of Topliss-reactive ketones (excluding diaryl/α,β-unsaturated/α-hetero) is 2. The molecule has 1 saturated heterocycles. The smallest absolute Gasteiger partial charge is 0.286 e. The van der Waals surface area contributed by atoms with Gasteiger partial charge in [0.15, 0.2) is 11.6 Å². The Morgan fingerprint density at radius 2 is 1.78 bits per heavy atom. The van der Waals surface area contributed by atoms with E-state index < -0.39 is 58.9 Å². The van der Waals surface area contributed by atoms with Gasteiger partial charge >= 0.3 is 0 Å². The van der Waals surface area contributed by atoms with Crippen LogP contribution in [-0.2, 0) is 45.1 Å². The van der Waals surface area contributed by atoms with Crippen LogP contribution in [0.1, 0.15) is 42.6 Å². The molecule has 0 aromatic heterocycles. The number of ether oxygens (including phenoxy) is 1. The second-order valence-electron chi connectivity index (χ2n) is 12.1. The zero-order valence-corrected chi connectivity index (χ0v) is 28.1. The summed E-state index contributed by atoms with van der Waals surface area (Å²) in [6.45, 7) is 6.16. The predicted octanol–water partition coefficient (Wildman–Crippen LogP) is 1.54. The highest BCUT2D eigenvalue weighted by Crippen LogP contribution is 2.42. The number of ketones is 2. The van der Waals surface area contributed by atoms with Crippen molar-refractivity contribution in [2.45, 2.75) is 37.1 Å². The second-order valence-corrected chi connectivity index (χ2v) is 17.2. The Bertz CT molecular complexity index is 1900. The maximum Gasteiger partial charge on any atom is 0.286 e. The first-order chi connectivity index (χ1) is 21.5. The van der Waals surface area contributed by atoms with Gasteiger partial charge in [-0.3, -0.25) is 19.2 Å². The van der Waals surface area contributed by atoms with E-state index >= 15 is 0 Å². The summed E-state index contributed by atoms with van der Waals surface area (Å²) in [6.07, 6.45) is 1.33. The van der Waals surface area contributed by atoms with Gasteiger partial charge in [0.1, 0.15) is 22.2 Å². The number of morpholine rings is 1. The summed E-state index contributed by atoms with van der Waals surface area (Å²) in [5, 5.41) is 2.79. The number of carbonyl (C=O) groups excluding carboxylic acids is 2. The fraction of sp³-hybridized carbons (Fsp3) is 0.483. The van der Waals surface area contributed by atoms with Crippen molar-refractivity contribution in [3.05, 3.63) is 53.6 Å². The topological polar surface area (TPSA) is 197 Å². The van der Waals surface area contributed by atoms with Crippen LogP contribution in [0.3, 0.4) is 0 Å². The number of sulfonamides is 3. The predicted molar refractivity (Wildman–Crippen MR) is 172 cm³/mol. The Hall–Kier alpha value is -3.22. The van der Waals surface area contributed by atoms with Crippen LogP contribution in [0, 0.1) is 11.8 Å². The number of benzene rings is 2. The quantitative estimate of drug-likeness (QED) is 0.288. The molecule has 2 heterocycles. The van der Waals surface area contributed by atoms with E-state index in [1.54, 1.807) is 18.2 Å². The first-order valence-corrected chi connectivity index (χ1v) is 19.7. The molecule has 0 spiro atoms. The summed E-state index contributed by atoms with van der Waals surface area (Å²) in [5.41, 5.74) is -1.66. The molecule has 14 nitrogen and oxygen atoms in total. The zero-order valence-electron chi connectivity index (χ0n) is 25.6. The van der Waals surface area contributed by atoms with E-state index in [4.69, 9.17) is 4.74 Å². The molecule has 2 atom stereocenters. The first kappa shape index (κ1) is 34.1. The third kappa shape index (κ3) is 7.18. The Labute approximate surface area is 269 Å². The molecule has 250 valence electrons. The molecule has 2 aromatic carbocycles. The summed E-state index contributed by atoms with van der Waals surface area (Å²) >= 11 is 0. The van der Waals surface area contributed by atoms with E-state index in [0.717, 1.165) is 12.3 Å². The number of nitrogens with one attached hydrogen (secondary N) is 3. The van der Waals surface area contributed by atoms with Gasteiger partial charge in [-0.15, -0.1) is 4.40 Å². The summed E-state index contributed by atoms with van der Waals surface area (Å²) in [4.78, 5) is 30.2. The molecule has 2 aliphatic heterocycles. The van der Waals surface area contributed by atoms with Crippen LogP contribution in [0.2, 0.25) is 0 Å². The Kier molecular flexibility index (Phi) is 9.47. The summed E-state index contributed by atoms with van der Waals surface area (Å²) in [5.74, 6) is -4.07. The molecule has 1 aliphatic carbocycles. The number of nitrogens with zero attached hydrogens (tertiary/aromatic N) is 2. The maximum absolute atomic E-state index is 14.7. The van der Waals surface area contributed by atoms with Crippen LogP contribution < -0.4 is 14.8 Å². The van der Waals surface area contributed by atoms with E-state index in [1.807, 2.05) is 18.7 Å². The van der Waals surface area contributed by atoms with Crippen LogP contribution in [-0.4, -0.2) is 92.4 Å². The average Bonchev–Trinajstić information content (AvgIpc) is 2.97. The van der Waals surface area contributed by atoms with Gasteiger partial charge < -0.3 is 10.1 Å². The van der Waals surface area contributed by atoms with E-state index in [1.165, 1.54) is 18.2 Å². The van der Waals surface area contributed by atoms with Crippen LogP contribution in [0.25, 0.3) is 0 Å². The molecule has 1 fully saturated rings. The van der Waals surface area contributed by atoms with Gasteiger partial charge in [0.2, 0.25) is 20.0 Å². The van der Waals surface area contributed by atoms with Crippen LogP contribution in [0.4, 0.5) is 11.4 Å². The van der Waals surface area contributed by atoms with E-state index in [2.05, 4.69) is 19.2 Å².